The molecule has 1 aliphatic heterocycles. The number of rotatable bonds is 3. The van der Waals surface area contributed by atoms with Crippen LogP contribution in [0.4, 0.5) is 4.39 Å². The fourth-order valence-electron chi connectivity index (χ4n) is 3.64. The molecule has 2 aromatic carbocycles. The van der Waals surface area contributed by atoms with E-state index in [-0.39, 0.29) is 17.9 Å². The van der Waals surface area contributed by atoms with Gasteiger partial charge in [-0.15, -0.1) is 0 Å². The molecule has 0 spiro atoms. The number of amidine groups is 1. The average molecular weight is 400 g/mol. The molecule has 3 nitrogen and oxygen atoms in total. The maximum absolute atomic E-state index is 14.0. The van der Waals surface area contributed by atoms with E-state index in [1.165, 1.54) is 11.6 Å². The SMILES string of the molecule is CC(NC(=S)N1CCSC1=NC1CCc2c(F)cccc21)c1ccccc1. The van der Waals surface area contributed by atoms with E-state index in [1.807, 2.05) is 24.3 Å². The molecule has 0 bridgehead atoms. The van der Waals surface area contributed by atoms with Crippen molar-refractivity contribution in [2.75, 3.05) is 12.3 Å². The van der Waals surface area contributed by atoms with Crippen molar-refractivity contribution in [2.24, 2.45) is 4.99 Å². The lowest BCUT2D eigenvalue weighted by Crippen LogP contribution is -2.41. The van der Waals surface area contributed by atoms with Gasteiger partial charge in [-0.1, -0.05) is 54.2 Å². The predicted molar refractivity (Wildman–Crippen MR) is 115 cm³/mol. The van der Waals surface area contributed by atoms with E-state index in [9.17, 15) is 4.39 Å². The third kappa shape index (κ3) is 3.87. The monoisotopic (exact) mass is 399 g/mol. The Morgan fingerprint density at radius 1 is 1.26 bits per heavy atom. The quantitative estimate of drug-likeness (QED) is 0.747. The minimum Gasteiger partial charge on any atom is -0.356 e. The van der Waals surface area contributed by atoms with E-state index in [0.29, 0.717) is 5.11 Å². The maximum atomic E-state index is 14.0. The van der Waals surface area contributed by atoms with Crippen LogP contribution in [0.3, 0.4) is 0 Å². The van der Waals surface area contributed by atoms with Gasteiger partial charge in [0.2, 0.25) is 0 Å². The molecule has 6 heteroatoms. The highest BCUT2D eigenvalue weighted by atomic mass is 32.2. The molecule has 140 valence electrons. The summed E-state index contributed by atoms with van der Waals surface area (Å²) in [6.45, 7) is 2.96. The van der Waals surface area contributed by atoms with Crippen molar-refractivity contribution in [3.63, 3.8) is 0 Å². The van der Waals surface area contributed by atoms with Crippen LogP contribution in [-0.2, 0) is 6.42 Å². The summed E-state index contributed by atoms with van der Waals surface area (Å²) in [5, 5.41) is 5.07. The Bertz CT molecular complexity index is 869. The molecule has 2 unspecified atom stereocenters. The first-order chi connectivity index (χ1) is 13.1. The molecule has 2 atom stereocenters. The lowest BCUT2D eigenvalue weighted by molar-refractivity contribution is 0.602. The van der Waals surface area contributed by atoms with E-state index in [0.717, 1.165) is 41.4 Å². The highest BCUT2D eigenvalue weighted by Gasteiger charge is 2.29. The Hall–Kier alpha value is -1.92. The number of nitrogens with one attached hydrogen (secondary N) is 1. The van der Waals surface area contributed by atoms with Crippen LogP contribution in [0.25, 0.3) is 0 Å². The zero-order chi connectivity index (χ0) is 18.8. The molecule has 1 fully saturated rings. The van der Waals surface area contributed by atoms with Gasteiger partial charge in [-0.05, 0) is 54.7 Å². The van der Waals surface area contributed by atoms with Gasteiger partial charge in [0.1, 0.15) is 5.82 Å². The van der Waals surface area contributed by atoms with Crippen LogP contribution in [0.15, 0.2) is 53.5 Å². The van der Waals surface area contributed by atoms with Gasteiger partial charge >= 0.3 is 0 Å². The Kier molecular flexibility index (Phi) is 5.45. The largest absolute Gasteiger partial charge is 0.356 e. The molecule has 4 rings (SSSR count). The van der Waals surface area contributed by atoms with E-state index in [4.69, 9.17) is 17.2 Å². The van der Waals surface area contributed by atoms with Crippen molar-refractivity contribution < 1.29 is 4.39 Å². The van der Waals surface area contributed by atoms with Gasteiger partial charge in [0, 0.05) is 12.3 Å². The fraction of sp³-hybridized carbons (Fsp3) is 0.333. The van der Waals surface area contributed by atoms with Gasteiger partial charge in [0.15, 0.2) is 10.3 Å². The number of fused-ring (bicyclic) bond motifs is 1. The third-order valence-corrected chi connectivity index (χ3v) is 6.42. The van der Waals surface area contributed by atoms with Crippen molar-refractivity contribution in [1.29, 1.82) is 0 Å². The van der Waals surface area contributed by atoms with Crippen LogP contribution in [0.2, 0.25) is 0 Å². The molecule has 1 N–H and O–H groups in total. The number of thioether (sulfide) groups is 1. The molecule has 1 saturated heterocycles. The van der Waals surface area contributed by atoms with Gasteiger partial charge in [-0.2, -0.15) is 0 Å². The minimum atomic E-state index is -0.111. The molecule has 2 aromatic rings. The van der Waals surface area contributed by atoms with Gasteiger partial charge in [-0.3, -0.25) is 9.89 Å². The Balaban J connectivity index is 1.49. The highest BCUT2D eigenvalue weighted by Crippen LogP contribution is 2.37. The van der Waals surface area contributed by atoms with Crippen molar-refractivity contribution in [2.45, 2.75) is 31.8 Å². The van der Waals surface area contributed by atoms with Gasteiger partial charge in [-0.25, -0.2) is 4.39 Å². The molecule has 2 aliphatic rings. The van der Waals surface area contributed by atoms with Crippen LogP contribution < -0.4 is 5.32 Å². The first kappa shape index (κ1) is 18.4. The van der Waals surface area contributed by atoms with E-state index >= 15 is 0 Å². The molecule has 0 amide bonds. The molecule has 1 aliphatic carbocycles. The lowest BCUT2D eigenvalue weighted by atomic mass is 10.1. The summed E-state index contributed by atoms with van der Waals surface area (Å²) in [4.78, 5) is 7.03. The number of thiocarbonyl (C=S) groups is 1. The number of hydrogen-bond donors (Lipinski definition) is 1. The number of nitrogens with zero attached hydrogens (tertiary/aromatic N) is 2. The van der Waals surface area contributed by atoms with Crippen molar-refractivity contribution in [3.05, 3.63) is 71.0 Å². The Labute approximate surface area is 169 Å². The second-order valence-electron chi connectivity index (χ2n) is 6.86. The van der Waals surface area contributed by atoms with Crippen LogP contribution >= 0.6 is 24.0 Å². The normalized spacial score (nSPS) is 21.3. The zero-order valence-electron chi connectivity index (χ0n) is 15.2. The summed E-state index contributed by atoms with van der Waals surface area (Å²) in [5.74, 6) is 0.850. The van der Waals surface area contributed by atoms with Crippen LogP contribution in [0.1, 0.15) is 42.1 Å². The molecule has 0 aromatic heterocycles. The minimum absolute atomic E-state index is 0.0214. The Morgan fingerprint density at radius 2 is 2.07 bits per heavy atom. The van der Waals surface area contributed by atoms with Crippen molar-refractivity contribution in [1.82, 2.24) is 10.2 Å². The lowest BCUT2D eigenvalue weighted by Gasteiger charge is -2.24. The average Bonchev–Trinajstić information content (AvgIpc) is 3.31. The summed E-state index contributed by atoms with van der Waals surface area (Å²) < 4.78 is 14.0. The summed E-state index contributed by atoms with van der Waals surface area (Å²) >= 11 is 7.39. The van der Waals surface area contributed by atoms with E-state index in [2.05, 4.69) is 29.3 Å². The maximum Gasteiger partial charge on any atom is 0.175 e. The number of hydrogen-bond acceptors (Lipinski definition) is 3. The molecule has 27 heavy (non-hydrogen) atoms. The molecular weight excluding hydrogens is 377 g/mol. The predicted octanol–water partition coefficient (Wildman–Crippen LogP) is 4.85. The molecule has 1 heterocycles. The van der Waals surface area contributed by atoms with E-state index in [1.54, 1.807) is 17.8 Å². The summed E-state index contributed by atoms with van der Waals surface area (Å²) in [6.07, 6.45) is 1.61. The fourth-order valence-corrected chi connectivity index (χ4v) is 5.05. The highest BCUT2D eigenvalue weighted by molar-refractivity contribution is 8.14. The van der Waals surface area contributed by atoms with Crippen molar-refractivity contribution in [3.8, 4) is 0 Å². The van der Waals surface area contributed by atoms with Gasteiger partial charge in [0.05, 0.1) is 12.1 Å². The van der Waals surface area contributed by atoms with Crippen molar-refractivity contribution >= 4 is 34.3 Å². The Morgan fingerprint density at radius 3 is 2.89 bits per heavy atom. The summed E-state index contributed by atoms with van der Waals surface area (Å²) in [5.41, 5.74) is 3.04. The summed E-state index contributed by atoms with van der Waals surface area (Å²) in [6, 6.07) is 15.7. The van der Waals surface area contributed by atoms with Crippen LogP contribution in [0.5, 0.6) is 0 Å². The van der Waals surface area contributed by atoms with Crippen LogP contribution in [0, 0.1) is 5.82 Å². The number of aliphatic imine (C=N–C) groups is 1. The number of halogens is 1. The topological polar surface area (TPSA) is 27.6 Å². The third-order valence-electron chi connectivity index (χ3n) is 5.11. The van der Waals surface area contributed by atoms with E-state index < -0.39 is 0 Å². The smallest absolute Gasteiger partial charge is 0.175 e. The molecule has 0 saturated carbocycles. The number of benzene rings is 2. The molecular formula is C21H22FN3S2. The standard InChI is InChI=1S/C21H22FN3S2/c1-14(15-6-3-2-4-7-15)23-20(26)25-12-13-27-21(25)24-19-11-10-16-17(19)8-5-9-18(16)22/h2-9,14,19H,10-13H2,1H3,(H,23,26). The van der Waals surface area contributed by atoms with Gasteiger partial charge in [0.25, 0.3) is 0 Å². The first-order valence-corrected chi connectivity index (χ1v) is 10.6. The second kappa shape index (κ2) is 7.98. The molecule has 0 radical (unpaired) electrons. The second-order valence-corrected chi connectivity index (χ2v) is 8.30. The van der Waals surface area contributed by atoms with Gasteiger partial charge < -0.3 is 5.32 Å². The zero-order valence-corrected chi connectivity index (χ0v) is 16.8. The first-order valence-electron chi connectivity index (χ1n) is 9.24. The van der Waals surface area contributed by atoms with Crippen LogP contribution in [-0.4, -0.2) is 27.5 Å². The summed E-state index contributed by atoms with van der Waals surface area (Å²) in [7, 11) is 0.